The van der Waals surface area contributed by atoms with Crippen LogP contribution in [0, 0.1) is 0 Å². The molecule has 6 nitrogen and oxygen atoms in total. The van der Waals surface area contributed by atoms with Crippen molar-refractivity contribution in [1.82, 2.24) is 4.90 Å². The number of hydrogen-bond donors (Lipinski definition) is 0. The fourth-order valence-electron chi connectivity index (χ4n) is 1.32. The monoisotopic (exact) mass is 235 g/mol. The maximum Gasteiger partial charge on any atom is 0.327 e. The summed E-state index contributed by atoms with van der Waals surface area (Å²) in [5, 5.41) is 0. The van der Waals surface area contributed by atoms with Crippen LogP contribution in [0.2, 0.25) is 0 Å². The molecule has 0 aromatic rings. The van der Waals surface area contributed by atoms with Crippen molar-refractivity contribution in [2.45, 2.75) is 6.42 Å². The van der Waals surface area contributed by atoms with Crippen molar-refractivity contribution < 1.29 is 22.7 Å². The second-order valence-electron chi connectivity index (χ2n) is 3.54. The topological polar surface area (TPSA) is 80.8 Å². The van der Waals surface area contributed by atoms with Gasteiger partial charge in [-0.05, 0) is 6.42 Å². The van der Waals surface area contributed by atoms with Gasteiger partial charge in [-0.3, -0.25) is 14.5 Å². The van der Waals surface area contributed by atoms with Gasteiger partial charge in [0.25, 0.3) is 0 Å². The van der Waals surface area contributed by atoms with Gasteiger partial charge in [0, 0.05) is 12.8 Å². The summed E-state index contributed by atoms with van der Waals surface area (Å²) in [5.74, 6) is -1.09. The van der Waals surface area contributed by atoms with Crippen molar-refractivity contribution in [2.24, 2.45) is 0 Å². The van der Waals surface area contributed by atoms with Gasteiger partial charge in [0.1, 0.15) is 9.84 Å². The predicted octanol–water partition coefficient (Wildman–Crippen LogP) is -1.19. The Hall–Kier alpha value is -0.950. The van der Waals surface area contributed by atoms with Gasteiger partial charge in [-0.2, -0.15) is 0 Å². The molecule has 7 heteroatoms. The molecule has 1 saturated heterocycles. The third kappa shape index (κ3) is 4.89. The van der Waals surface area contributed by atoms with Gasteiger partial charge in [-0.25, -0.2) is 8.42 Å². The number of sulfone groups is 1. The number of nitrogens with zero attached hydrogens (tertiary/aromatic N) is 1. The first-order chi connectivity index (χ1) is 6.87. The standard InChI is InChI=1S/C8H13NO5S/c1-15(12,13)4-2-3-9-5-7(10)14-8(11)6-9/h2-6H2,1H3. The third-order valence-corrected chi connectivity index (χ3v) is 2.95. The summed E-state index contributed by atoms with van der Waals surface area (Å²) in [6, 6.07) is 0. The van der Waals surface area contributed by atoms with Crippen molar-refractivity contribution in [3.63, 3.8) is 0 Å². The smallest absolute Gasteiger partial charge is 0.327 e. The highest BCUT2D eigenvalue weighted by molar-refractivity contribution is 7.90. The van der Waals surface area contributed by atoms with Gasteiger partial charge < -0.3 is 4.74 Å². The summed E-state index contributed by atoms with van der Waals surface area (Å²) in [4.78, 5) is 23.3. The average Bonchev–Trinajstić information content (AvgIpc) is 1.99. The summed E-state index contributed by atoms with van der Waals surface area (Å²) in [6.45, 7) is 0.513. The maximum atomic E-state index is 10.8. The van der Waals surface area contributed by atoms with Crippen molar-refractivity contribution in [1.29, 1.82) is 0 Å². The Bertz CT molecular complexity index is 345. The van der Waals surface area contributed by atoms with Gasteiger partial charge in [0.2, 0.25) is 0 Å². The summed E-state index contributed by atoms with van der Waals surface area (Å²) < 4.78 is 26.0. The van der Waals surface area contributed by atoms with Crippen LogP contribution in [0.25, 0.3) is 0 Å². The van der Waals surface area contributed by atoms with Crippen molar-refractivity contribution >= 4 is 21.8 Å². The summed E-state index contributed by atoms with van der Waals surface area (Å²) in [6.07, 6.45) is 1.57. The zero-order chi connectivity index (χ0) is 11.5. The molecule has 0 atom stereocenters. The highest BCUT2D eigenvalue weighted by atomic mass is 32.2. The molecule has 1 fully saturated rings. The molecule has 0 aliphatic carbocycles. The van der Waals surface area contributed by atoms with Crippen LogP contribution in [-0.4, -0.2) is 56.9 Å². The number of carbonyl (C=O) groups is 2. The van der Waals surface area contributed by atoms with Crippen LogP contribution in [0.1, 0.15) is 6.42 Å². The number of esters is 2. The predicted molar refractivity (Wildman–Crippen MR) is 51.9 cm³/mol. The van der Waals surface area contributed by atoms with Gasteiger partial charge in [0.05, 0.1) is 18.8 Å². The van der Waals surface area contributed by atoms with E-state index in [0.29, 0.717) is 13.0 Å². The second kappa shape index (κ2) is 4.71. The molecule has 1 aliphatic rings. The second-order valence-corrected chi connectivity index (χ2v) is 5.80. The molecule has 86 valence electrons. The van der Waals surface area contributed by atoms with E-state index >= 15 is 0 Å². The Morgan fingerprint density at radius 2 is 1.80 bits per heavy atom. The third-order valence-electron chi connectivity index (χ3n) is 1.92. The number of cyclic esters (lactones) is 2. The minimum atomic E-state index is -2.98. The van der Waals surface area contributed by atoms with Crippen LogP contribution in [-0.2, 0) is 24.2 Å². The molecule has 0 amide bonds. The van der Waals surface area contributed by atoms with Gasteiger partial charge in [-0.15, -0.1) is 0 Å². The number of ether oxygens (including phenoxy) is 1. The molecule has 1 aliphatic heterocycles. The molecule has 0 bridgehead atoms. The Balaban J connectivity index is 2.33. The van der Waals surface area contributed by atoms with E-state index in [0.717, 1.165) is 6.26 Å². The first kappa shape index (κ1) is 12.1. The van der Waals surface area contributed by atoms with Gasteiger partial charge in [-0.1, -0.05) is 0 Å². The Labute approximate surface area is 88.1 Å². The lowest BCUT2D eigenvalue weighted by molar-refractivity contribution is -0.166. The highest BCUT2D eigenvalue weighted by Crippen LogP contribution is 2.01. The van der Waals surface area contributed by atoms with Crippen molar-refractivity contribution in [3.8, 4) is 0 Å². The number of carbonyl (C=O) groups excluding carboxylic acids is 2. The molecule has 0 radical (unpaired) electrons. The first-order valence-electron chi connectivity index (χ1n) is 4.50. The van der Waals surface area contributed by atoms with E-state index in [4.69, 9.17) is 0 Å². The minimum absolute atomic E-state index is 0.0511. The molecular weight excluding hydrogens is 222 g/mol. The SMILES string of the molecule is CS(=O)(=O)CCCN1CC(=O)OC(=O)C1. The largest absolute Gasteiger partial charge is 0.391 e. The number of rotatable bonds is 4. The Kier molecular flexibility index (Phi) is 3.81. The maximum absolute atomic E-state index is 10.8. The summed E-state index contributed by atoms with van der Waals surface area (Å²) in [7, 11) is -2.98. The highest BCUT2D eigenvalue weighted by Gasteiger charge is 2.24. The Morgan fingerprint density at radius 3 is 2.27 bits per heavy atom. The van der Waals surface area contributed by atoms with Gasteiger partial charge in [0.15, 0.2) is 0 Å². The number of morpholine rings is 1. The molecule has 0 unspecified atom stereocenters. The Morgan fingerprint density at radius 1 is 1.27 bits per heavy atom. The van der Waals surface area contributed by atoms with E-state index in [1.54, 1.807) is 4.90 Å². The molecular formula is C8H13NO5S. The lowest BCUT2D eigenvalue weighted by Crippen LogP contribution is -2.43. The van der Waals surface area contributed by atoms with Crippen molar-refractivity contribution in [3.05, 3.63) is 0 Å². The molecule has 1 rings (SSSR count). The lowest BCUT2D eigenvalue weighted by Gasteiger charge is -2.23. The van der Waals surface area contributed by atoms with Crippen molar-refractivity contribution in [2.75, 3.05) is 31.6 Å². The molecule has 0 saturated carbocycles. The fraction of sp³-hybridized carbons (Fsp3) is 0.750. The van der Waals surface area contributed by atoms with E-state index in [-0.39, 0.29) is 18.8 Å². The van der Waals surface area contributed by atoms with E-state index < -0.39 is 21.8 Å². The van der Waals surface area contributed by atoms with Crippen LogP contribution >= 0.6 is 0 Å². The minimum Gasteiger partial charge on any atom is -0.391 e. The lowest BCUT2D eigenvalue weighted by atomic mass is 10.3. The van der Waals surface area contributed by atoms with Crippen LogP contribution in [0.15, 0.2) is 0 Å². The number of hydrogen-bond acceptors (Lipinski definition) is 6. The van der Waals surface area contributed by atoms with Gasteiger partial charge >= 0.3 is 11.9 Å². The van der Waals surface area contributed by atoms with E-state index in [1.165, 1.54) is 0 Å². The van der Waals surface area contributed by atoms with Crippen LogP contribution in [0.4, 0.5) is 0 Å². The summed E-state index contributed by atoms with van der Waals surface area (Å²) in [5.41, 5.74) is 0. The summed E-state index contributed by atoms with van der Waals surface area (Å²) >= 11 is 0. The fourth-order valence-corrected chi connectivity index (χ4v) is 1.97. The zero-order valence-corrected chi connectivity index (χ0v) is 9.25. The molecule has 0 aromatic heterocycles. The van der Waals surface area contributed by atoms with E-state index in [2.05, 4.69) is 4.74 Å². The quantitative estimate of drug-likeness (QED) is 0.450. The van der Waals surface area contributed by atoms with E-state index in [9.17, 15) is 18.0 Å². The van der Waals surface area contributed by atoms with Crippen LogP contribution in [0.5, 0.6) is 0 Å². The molecule has 0 N–H and O–H groups in total. The molecule has 1 heterocycles. The zero-order valence-electron chi connectivity index (χ0n) is 8.43. The first-order valence-corrected chi connectivity index (χ1v) is 6.56. The normalized spacial score (nSPS) is 19.0. The van der Waals surface area contributed by atoms with Crippen LogP contribution in [0.3, 0.4) is 0 Å². The molecule has 15 heavy (non-hydrogen) atoms. The average molecular weight is 235 g/mol. The van der Waals surface area contributed by atoms with Crippen LogP contribution < -0.4 is 0 Å². The molecule has 0 spiro atoms. The van der Waals surface area contributed by atoms with E-state index in [1.807, 2.05) is 0 Å². The molecule has 0 aromatic carbocycles.